The largest absolute Gasteiger partial charge is 0.494 e. The van der Waals surface area contributed by atoms with Crippen LogP contribution in [0.2, 0.25) is 5.02 Å². The average Bonchev–Trinajstić information content (AvgIpc) is 2.98. The van der Waals surface area contributed by atoms with Gasteiger partial charge in [-0.15, -0.1) is 5.10 Å². The van der Waals surface area contributed by atoms with E-state index >= 15 is 0 Å². The van der Waals surface area contributed by atoms with E-state index in [-0.39, 0.29) is 17.3 Å². The second-order valence-corrected chi connectivity index (χ2v) is 5.61. The molecule has 0 saturated carbocycles. The van der Waals surface area contributed by atoms with Gasteiger partial charge in [0.1, 0.15) is 5.82 Å². The zero-order chi connectivity index (χ0) is 18.0. The van der Waals surface area contributed by atoms with Gasteiger partial charge < -0.3 is 10.1 Å². The first-order valence-electron chi connectivity index (χ1n) is 7.32. The third-order valence-electron chi connectivity index (χ3n) is 3.45. The molecule has 0 bridgehead atoms. The summed E-state index contributed by atoms with van der Waals surface area (Å²) in [4.78, 5) is 16.5. The Morgan fingerprint density at radius 1 is 1.24 bits per heavy atom. The van der Waals surface area contributed by atoms with Crippen LogP contribution >= 0.6 is 11.6 Å². The zero-order valence-corrected chi connectivity index (χ0v) is 14.2. The van der Waals surface area contributed by atoms with Crippen molar-refractivity contribution in [2.24, 2.45) is 0 Å². The number of methoxy groups -OCH3 is 1. The molecule has 0 fully saturated rings. The van der Waals surface area contributed by atoms with Crippen molar-refractivity contribution in [3.8, 4) is 11.4 Å². The number of benzene rings is 2. The van der Waals surface area contributed by atoms with Gasteiger partial charge in [0.05, 0.1) is 12.8 Å². The van der Waals surface area contributed by atoms with Crippen LogP contribution in [-0.2, 0) is 0 Å². The van der Waals surface area contributed by atoms with Crippen LogP contribution < -0.4 is 10.1 Å². The molecule has 3 aromatic rings. The van der Waals surface area contributed by atoms with Crippen LogP contribution in [-0.4, -0.2) is 27.8 Å². The summed E-state index contributed by atoms with van der Waals surface area (Å²) in [6.07, 6.45) is 0. The molecule has 0 aliphatic carbocycles. The van der Waals surface area contributed by atoms with E-state index in [0.717, 1.165) is 5.69 Å². The number of nitrogens with zero attached hydrogens (tertiary/aromatic N) is 3. The van der Waals surface area contributed by atoms with Crippen LogP contribution in [0.15, 0.2) is 42.5 Å². The lowest BCUT2D eigenvalue weighted by atomic mass is 10.3. The van der Waals surface area contributed by atoms with E-state index in [9.17, 15) is 9.18 Å². The van der Waals surface area contributed by atoms with Gasteiger partial charge in [-0.1, -0.05) is 11.6 Å². The predicted molar refractivity (Wildman–Crippen MR) is 92.0 cm³/mol. The summed E-state index contributed by atoms with van der Waals surface area (Å²) >= 11 is 5.87. The van der Waals surface area contributed by atoms with E-state index in [1.54, 1.807) is 31.2 Å². The molecule has 3 rings (SSSR count). The molecule has 0 radical (unpaired) electrons. The fourth-order valence-electron chi connectivity index (χ4n) is 2.24. The third kappa shape index (κ3) is 3.61. The van der Waals surface area contributed by atoms with Gasteiger partial charge in [0.2, 0.25) is 5.82 Å². The first-order chi connectivity index (χ1) is 12.0. The number of hydrogen-bond donors (Lipinski definition) is 1. The molecule has 128 valence electrons. The molecule has 8 heteroatoms. The maximum Gasteiger partial charge on any atom is 0.295 e. The molecular weight excluding hydrogens is 347 g/mol. The Morgan fingerprint density at radius 2 is 1.96 bits per heavy atom. The smallest absolute Gasteiger partial charge is 0.295 e. The van der Waals surface area contributed by atoms with Crippen molar-refractivity contribution in [3.63, 3.8) is 0 Å². The minimum absolute atomic E-state index is 0.0244. The van der Waals surface area contributed by atoms with Crippen molar-refractivity contribution in [2.45, 2.75) is 6.92 Å². The minimum Gasteiger partial charge on any atom is -0.494 e. The number of hydrogen-bond acceptors (Lipinski definition) is 4. The van der Waals surface area contributed by atoms with Crippen LogP contribution in [0.3, 0.4) is 0 Å². The summed E-state index contributed by atoms with van der Waals surface area (Å²) in [5, 5.41) is 7.35. The molecule has 0 spiro atoms. The quantitative estimate of drug-likeness (QED) is 0.771. The highest BCUT2D eigenvalue weighted by atomic mass is 35.5. The average molecular weight is 361 g/mol. The number of halogens is 2. The molecule has 0 saturated heterocycles. The number of aromatic nitrogens is 3. The lowest BCUT2D eigenvalue weighted by Gasteiger charge is -2.05. The molecule has 0 aliphatic rings. The van der Waals surface area contributed by atoms with Gasteiger partial charge in [0, 0.05) is 16.8 Å². The number of rotatable bonds is 4. The van der Waals surface area contributed by atoms with E-state index in [4.69, 9.17) is 16.3 Å². The van der Waals surface area contributed by atoms with Crippen LogP contribution in [0, 0.1) is 12.7 Å². The van der Waals surface area contributed by atoms with Gasteiger partial charge >= 0.3 is 0 Å². The molecule has 1 N–H and O–H groups in total. The summed E-state index contributed by atoms with van der Waals surface area (Å²) < 4.78 is 20.1. The van der Waals surface area contributed by atoms with Crippen LogP contribution in [0.1, 0.15) is 16.4 Å². The van der Waals surface area contributed by atoms with Gasteiger partial charge in [0.15, 0.2) is 11.6 Å². The molecule has 1 aromatic heterocycles. The van der Waals surface area contributed by atoms with Crippen molar-refractivity contribution in [2.75, 3.05) is 12.4 Å². The Hall–Kier alpha value is -2.93. The summed E-state index contributed by atoms with van der Waals surface area (Å²) in [5.74, 6) is -0.507. The summed E-state index contributed by atoms with van der Waals surface area (Å²) in [5.41, 5.74) is 1.01. The maximum absolute atomic E-state index is 13.7. The van der Waals surface area contributed by atoms with Crippen molar-refractivity contribution in [1.29, 1.82) is 0 Å². The highest BCUT2D eigenvalue weighted by Crippen LogP contribution is 2.21. The molecule has 1 heterocycles. The Kier molecular flexibility index (Phi) is 4.67. The summed E-state index contributed by atoms with van der Waals surface area (Å²) in [6, 6.07) is 11.1. The topological polar surface area (TPSA) is 69.0 Å². The highest BCUT2D eigenvalue weighted by Gasteiger charge is 2.16. The van der Waals surface area contributed by atoms with Crippen LogP contribution in [0.25, 0.3) is 5.69 Å². The molecule has 0 unspecified atom stereocenters. The number of ether oxygens (including phenoxy) is 1. The number of nitrogens with one attached hydrogen (secondary N) is 1. The van der Waals surface area contributed by atoms with E-state index in [1.165, 1.54) is 30.0 Å². The standard InChI is InChI=1S/C17H14ClFN4O2/c1-10-20-16(22-23(10)13-6-3-11(18)4-7-13)17(24)21-12-5-8-15(25-2)14(19)9-12/h3-9H,1-2H3,(H,21,24). The molecule has 25 heavy (non-hydrogen) atoms. The first kappa shape index (κ1) is 16.9. The fourth-order valence-corrected chi connectivity index (χ4v) is 2.37. The number of carbonyl (C=O) groups is 1. The molecular formula is C17H14ClFN4O2. The van der Waals surface area contributed by atoms with Gasteiger partial charge in [-0.3, -0.25) is 4.79 Å². The molecule has 2 aromatic carbocycles. The zero-order valence-electron chi connectivity index (χ0n) is 13.5. The molecule has 0 aliphatic heterocycles. The molecule has 1 amide bonds. The lowest BCUT2D eigenvalue weighted by Crippen LogP contribution is -2.14. The normalized spacial score (nSPS) is 10.6. The molecule has 0 atom stereocenters. The predicted octanol–water partition coefficient (Wildman–Crippen LogP) is 3.63. The fraction of sp³-hybridized carbons (Fsp3) is 0.118. The lowest BCUT2D eigenvalue weighted by molar-refractivity contribution is 0.101. The number of anilines is 1. The first-order valence-corrected chi connectivity index (χ1v) is 7.70. The molecule has 6 nitrogen and oxygen atoms in total. The van der Waals surface area contributed by atoms with Crippen LogP contribution in [0.4, 0.5) is 10.1 Å². The van der Waals surface area contributed by atoms with E-state index in [0.29, 0.717) is 10.8 Å². The number of amides is 1. The Morgan fingerprint density at radius 3 is 2.60 bits per heavy atom. The Bertz CT molecular complexity index is 925. The van der Waals surface area contributed by atoms with Gasteiger partial charge in [0.25, 0.3) is 5.91 Å². The second-order valence-electron chi connectivity index (χ2n) is 5.17. The Balaban J connectivity index is 1.82. The van der Waals surface area contributed by atoms with Gasteiger partial charge in [-0.05, 0) is 43.3 Å². The van der Waals surface area contributed by atoms with Crippen LogP contribution in [0.5, 0.6) is 5.75 Å². The minimum atomic E-state index is -0.573. The van der Waals surface area contributed by atoms with Crippen molar-refractivity contribution in [1.82, 2.24) is 14.8 Å². The van der Waals surface area contributed by atoms with Crippen molar-refractivity contribution < 1.29 is 13.9 Å². The summed E-state index contributed by atoms with van der Waals surface area (Å²) in [7, 11) is 1.37. The number of aryl methyl sites for hydroxylation is 1. The SMILES string of the molecule is COc1ccc(NC(=O)c2nc(C)n(-c3ccc(Cl)cc3)n2)cc1F. The maximum atomic E-state index is 13.7. The Labute approximate surface area is 148 Å². The third-order valence-corrected chi connectivity index (χ3v) is 3.70. The summed E-state index contributed by atoms with van der Waals surface area (Å²) in [6.45, 7) is 1.73. The van der Waals surface area contributed by atoms with Gasteiger partial charge in [-0.25, -0.2) is 14.1 Å². The van der Waals surface area contributed by atoms with E-state index in [2.05, 4.69) is 15.4 Å². The number of carbonyl (C=O) groups excluding carboxylic acids is 1. The highest BCUT2D eigenvalue weighted by molar-refractivity contribution is 6.30. The van der Waals surface area contributed by atoms with Crippen molar-refractivity contribution >= 4 is 23.2 Å². The van der Waals surface area contributed by atoms with E-state index in [1.807, 2.05) is 0 Å². The van der Waals surface area contributed by atoms with Crippen molar-refractivity contribution in [3.05, 3.63) is 65.0 Å². The van der Waals surface area contributed by atoms with E-state index < -0.39 is 11.7 Å². The monoisotopic (exact) mass is 360 g/mol. The van der Waals surface area contributed by atoms with Gasteiger partial charge in [-0.2, -0.15) is 0 Å². The second kappa shape index (κ2) is 6.90.